The lowest BCUT2D eigenvalue weighted by molar-refractivity contribution is 0.0106. The highest BCUT2D eigenvalue weighted by Crippen LogP contribution is 2.46. The zero-order chi connectivity index (χ0) is 16.8. The number of aromatic hydroxyl groups is 1. The Hall–Kier alpha value is -2.11. The molecule has 23 heavy (non-hydrogen) atoms. The van der Waals surface area contributed by atoms with E-state index in [2.05, 4.69) is 4.90 Å². The summed E-state index contributed by atoms with van der Waals surface area (Å²) >= 11 is 0. The van der Waals surface area contributed by atoms with Crippen molar-refractivity contribution in [3.05, 3.63) is 18.2 Å². The predicted octanol–water partition coefficient (Wildman–Crippen LogP) is 2.56. The van der Waals surface area contributed by atoms with Gasteiger partial charge in [-0.3, -0.25) is 4.90 Å². The zero-order valence-electron chi connectivity index (χ0n) is 14.0. The van der Waals surface area contributed by atoms with Gasteiger partial charge < -0.3 is 20.5 Å². The van der Waals surface area contributed by atoms with Gasteiger partial charge in [-0.1, -0.05) is 0 Å². The second-order valence-electron chi connectivity index (χ2n) is 7.52. The van der Waals surface area contributed by atoms with Crippen molar-refractivity contribution < 1.29 is 14.6 Å². The number of amides is 1. The van der Waals surface area contributed by atoms with E-state index in [0.717, 1.165) is 25.1 Å². The molecule has 126 valence electrons. The zero-order valence-corrected chi connectivity index (χ0v) is 14.0. The van der Waals surface area contributed by atoms with Crippen LogP contribution in [0.3, 0.4) is 0 Å². The molecule has 6 nitrogen and oxygen atoms in total. The number of nitrogens with two attached hydrogens (primary N) is 1. The third-order valence-corrected chi connectivity index (χ3v) is 4.47. The lowest BCUT2D eigenvalue weighted by atomic mass is 10.1. The molecule has 2 aliphatic rings. The lowest BCUT2D eigenvalue weighted by Gasteiger charge is -2.43. The van der Waals surface area contributed by atoms with Gasteiger partial charge in [0.05, 0.1) is 11.2 Å². The molecule has 3 rings (SSSR count). The van der Waals surface area contributed by atoms with E-state index in [0.29, 0.717) is 18.8 Å². The average Bonchev–Trinajstić information content (AvgIpc) is 3.19. The van der Waals surface area contributed by atoms with Crippen molar-refractivity contribution in [2.24, 2.45) is 0 Å². The quantitative estimate of drug-likeness (QED) is 0.614. The van der Waals surface area contributed by atoms with Gasteiger partial charge in [-0.05, 0) is 45.7 Å². The normalized spacial score (nSPS) is 19.8. The molecule has 6 heteroatoms. The van der Waals surface area contributed by atoms with Crippen LogP contribution in [0.1, 0.15) is 33.6 Å². The number of anilines is 2. The van der Waals surface area contributed by atoms with Crippen LogP contribution in [0.15, 0.2) is 18.2 Å². The number of carbonyl (C=O) groups is 1. The van der Waals surface area contributed by atoms with Gasteiger partial charge in [0, 0.05) is 31.4 Å². The molecule has 1 saturated carbocycles. The van der Waals surface area contributed by atoms with E-state index in [1.54, 1.807) is 12.1 Å². The van der Waals surface area contributed by atoms with E-state index in [4.69, 9.17) is 10.5 Å². The fraction of sp³-hybridized carbons (Fsp3) is 0.588. The van der Waals surface area contributed by atoms with E-state index >= 15 is 0 Å². The monoisotopic (exact) mass is 319 g/mol. The minimum absolute atomic E-state index is 0.0990. The maximum atomic E-state index is 12.4. The van der Waals surface area contributed by atoms with Gasteiger partial charge in [0.2, 0.25) is 0 Å². The number of rotatable bonds is 1. The number of benzene rings is 1. The number of nitrogens with zero attached hydrogens (tertiary/aromatic N) is 2. The molecule has 1 aromatic rings. The summed E-state index contributed by atoms with van der Waals surface area (Å²) in [5.41, 5.74) is 6.37. The third kappa shape index (κ3) is 3.16. The van der Waals surface area contributed by atoms with Crippen molar-refractivity contribution >= 4 is 17.5 Å². The van der Waals surface area contributed by atoms with Gasteiger partial charge in [0.25, 0.3) is 0 Å². The first-order valence-electron chi connectivity index (χ1n) is 8.04. The molecule has 1 aliphatic carbocycles. The maximum Gasteiger partial charge on any atom is 0.410 e. The molecule has 0 aromatic heterocycles. The van der Waals surface area contributed by atoms with Crippen LogP contribution in [0, 0.1) is 0 Å². The standard InChI is InChI=1S/C17H25N3O3/c1-16(2,3)23-15(22)20-9-8-19(11-17(20)6-7-17)12-4-5-13(18)14(21)10-12/h4-5,10,21H,6-9,11,18H2,1-3H3. The molecule has 1 aromatic carbocycles. The number of phenols is 1. The second-order valence-corrected chi connectivity index (χ2v) is 7.52. The largest absolute Gasteiger partial charge is 0.506 e. The summed E-state index contributed by atoms with van der Waals surface area (Å²) in [5, 5.41) is 9.81. The fourth-order valence-corrected chi connectivity index (χ4v) is 3.10. The molecule has 2 fully saturated rings. The number of ether oxygens (including phenoxy) is 1. The first-order valence-corrected chi connectivity index (χ1v) is 8.04. The molecule has 0 unspecified atom stereocenters. The molecule has 0 bridgehead atoms. The highest BCUT2D eigenvalue weighted by atomic mass is 16.6. The summed E-state index contributed by atoms with van der Waals surface area (Å²) in [4.78, 5) is 16.5. The van der Waals surface area contributed by atoms with Crippen molar-refractivity contribution in [1.29, 1.82) is 0 Å². The van der Waals surface area contributed by atoms with Crippen LogP contribution in [0.5, 0.6) is 5.75 Å². The third-order valence-electron chi connectivity index (χ3n) is 4.47. The maximum absolute atomic E-state index is 12.4. The lowest BCUT2D eigenvalue weighted by Crippen LogP contribution is -2.58. The van der Waals surface area contributed by atoms with Gasteiger partial charge in [-0.2, -0.15) is 0 Å². The summed E-state index contributed by atoms with van der Waals surface area (Å²) in [6.45, 7) is 7.76. The fourth-order valence-electron chi connectivity index (χ4n) is 3.10. The SMILES string of the molecule is CC(C)(C)OC(=O)N1CCN(c2ccc(N)c(O)c2)CC12CC2. The Bertz CT molecular complexity index is 620. The number of hydrogen-bond acceptors (Lipinski definition) is 5. The minimum atomic E-state index is -0.479. The van der Waals surface area contributed by atoms with Gasteiger partial charge in [-0.15, -0.1) is 0 Å². The number of piperazine rings is 1. The van der Waals surface area contributed by atoms with Crippen molar-refractivity contribution in [1.82, 2.24) is 4.90 Å². The van der Waals surface area contributed by atoms with Crippen LogP contribution in [-0.4, -0.2) is 46.9 Å². The molecule has 0 atom stereocenters. The van der Waals surface area contributed by atoms with Crippen molar-refractivity contribution in [3.63, 3.8) is 0 Å². The highest BCUT2D eigenvalue weighted by Gasteiger charge is 2.54. The Kier molecular flexibility index (Phi) is 3.58. The minimum Gasteiger partial charge on any atom is -0.506 e. The summed E-state index contributed by atoms with van der Waals surface area (Å²) in [6.07, 6.45) is 1.75. The molecule has 1 saturated heterocycles. The Balaban J connectivity index is 1.73. The molecule has 0 radical (unpaired) electrons. The highest BCUT2D eigenvalue weighted by molar-refractivity contribution is 5.71. The van der Waals surface area contributed by atoms with Crippen molar-refractivity contribution in [2.45, 2.75) is 44.8 Å². The Labute approximate surface area is 136 Å². The van der Waals surface area contributed by atoms with Crippen molar-refractivity contribution in [3.8, 4) is 5.75 Å². The predicted molar refractivity (Wildman–Crippen MR) is 89.6 cm³/mol. The van der Waals surface area contributed by atoms with Crippen LogP contribution >= 0.6 is 0 Å². The van der Waals surface area contributed by atoms with Crippen LogP contribution < -0.4 is 10.6 Å². The van der Waals surface area contributed by atoms with Crippen LogP contribution in [0.2, 0.25) is 0 Å². The van der Waals surface area contributed by atoms with Crippen LogP contribution in [0.25, 0.3) is 0 Å². The van der Waals surface area contributed by atoms with E-state index in [1.165, 1.54) is 0 Å². The summed E-state index contributed by atoms with van der Waals surface area (Å²) in [6, 6.07) is 5.31. The molecular formula is C17H25N3O3. The number of hydrogen-bond donors (Lipinski definition) is 2. The topological polar surface area (TPSA) is 79.0 Å². The molecule has 1 aliphatic heterocycles. The van der Waals surface area contributed by atoms with E-state index in [1.807, 2.05) is 31.7 Å². The summed E-state index contributed by atoms with van der Waals surface area (Å²) in [7, 11) is 0. The smallest absolute Gasteiger partial charge is 0.410 e. The number of nitrogen functional groups attached to an aromatic ring is 1. The molecule has 1 heterocycles. The van der Waals surface area contributed by atoms with Gasteiger partial charge in [-0.25, -0.2) is 4.79 Å². The van der Waals surface area contributed by atoms with Gasteiger partial charge in [0.1, 0.15) is 11.4 Å². The molecule has 3 N–H and O–H groups in total. The Morgan fingerprint density at radius 2 is 2.00 bits per heavy atom. The average molecular weight is 319 g/mol. The molecule has 1 spiro atoms. The van der Waals surface area contributed by atoms with E-state index in [-0.39, 0.29) is 17.4 Å². The second kappa shape index (κ2) is 5.22. The number of phenolic OH excluding ortho intramolecular Hbond substituents is 1. The van der Waals surface area contributed by atoms with Crippen molar-refractivity contribution in [2.75, 3.05) is 30.3 Å². The Morgan fingerprint density at radius 1 is 1.30 bits per heavy atom. The van der Waals surface area contributed by atoms with E-state index in [9.17, 15) is 9.90 Å². The first-order chi connectivity index (χ1) is 10.7. The van der Waals surface area contributed by atoms with E-state index < -0.39 is 5.60 Å². The van der Waals surface area contributed by atoms with Crippen LogP contribution in [-0.2, 0) is 4.74 Å². The van der Waals surface area contributed by atoms with Gasteiger partial charge in [0.15, 0.2) is 0 Å². The first kappa shape index (κ1) is 15.8. The van der Waals surface area contributed by atoms with Crippen LogP contribution in [0.4, 0.5) is 16.2 Å². The molecule has 1 amide bonds. The summed E-state index contributed by atoms with van der Waals surface area (Å²) in [5.74, 6) is 0.0990. The molecular weight excluding hydrogens is 294 g/mol. The Morgan fingerprint density at radius 3 is 2.57 bits per heavy atom. The van der Waals surface area contributed by atoms with Gasteiger partial charge >= 0.3 is 6.09 Å². The number of carbonyl (C=O) groups excluding carboxylic acids is 1. The summed E-state index contributed by atoms with van der Waals surface area (Å²) < 4.78 is 5.54.